The number of hydrogen-bond acceptors (Lipinski definition) is 6. The van der Waals surface area contributed by atoms with Gasteiger partial charge in [0.25, 0.3) is 5.91 Å². The first-order valence-corrected chi connectivity index (χ1v) is 11.1. The van der Waals surface area contributed by atoms with Crippen LogP contribution in [0.15, 0.2) is 42.5 Å². The Morgan fingerprint density at radius 2 is 1.75 bits per heavy atom. The maximum atomic E-state index is 12.1. The van der Waals surface area contributed by atoms with Gasteiger partial charge in [0.1, 0.15) is 0 Å². The smallest absolute Gasteiger partial charge is 0.259 e. The molecule has 0 atom stereocenters. The molecule has 2 aromatic rings. The molecule has 0 fully saturated rings. The van der Waals surface area contributed by atoms with Crippen LogP contribution in [0.4, 0.5) is 5.69 Å². The van der Waals surface area contributed by atoms with Crippen LogP contribution < -0.4 is 20.1 Å². The third-order valence-corrected chi connectivity index (χ3v) is 5.27. The van der Waals surface area contributed by atoms with Gasteiger partial charge in [-0.1, -0.05) is 18.2 Å². The normalized spacial score (nSPS) is 10.2. The van der Waals surface area contributed by atoms with Gasteiger partial charge >= 0.3 is 0 Å². The third-order valence-electron chi connectivity index (χ3n) is 4.34. The van der Waals surface area contributed by atoms with E-state index in [1.165, 1.54) is 23.8 Å². The number of methoxy groups -OCH3 is 1. The lowest BCUT2D eigenvalue weighted by Crippen LogP contribution is -2.27. The summed E-state index contributed by atoms with van der Waals surface area (Å²) in [6.45, 7) is 2.17. The SMILES string of the molecule is COc1cc(CNC(=O)CSCC(=O)Nc2cccc(C)c2)ccc1OCC(=O)N(C)C. The molecule has 0 aliphatic carbocycles. The second kappa shape index (κ2) is 12.6. The quantitative estimate of drug-likeness (QED) is 0.536. The van der Waals surface area contributed by atoms with Crippen molar-refractivity contribution in [2.75, 3.05) is 44.6 Å². The molecule has 0 bridgehead atoms. The van der Waals surface area contributed by atoms with Gasteiger partial charge in [-0.3, -0.25) is 14.4 Å². The predicted molar refractivity (Wildman–Crippen MR) is 126 cm³/mol. The fourth-order valence-electron chi connectivity index (χ4n) is 2.62. The van der Waals surface area contributed by atoms with E-state index in [2.05, 4.69) is 10.6 Å². The van der Waals surface area contributed by atoms with Crippen molar-refractivity contribution in [2.45, 2.75) is 13.5 Å². The van der Waals surface area contributed by atoms with Gasteiger partial charge < -0.3 is 25.0 Å². The first-order valence-electron chi connectivity index (χ1n) is 9.99. The van der Waals surface area contributed by atoms with E-state index in [1.807, 2.05) is 31.2 Å². The molecule has 0 aromatic heterocycles. The summed E-state index contributed by atoms with van der Waals surface area (Å²) < 4.78 is 10.8. The summed E-state index contributed by atoms with van der Waals surface area (Å²) in [6, 6.07) is 12.8. The zero-order valence-corrected chi connectivity index (χ0v) is 19.6. The van der Waals surface area contributed by atoms with E-state index in [4.69, 9.17) is 9.47 Å². The number of nitrogens with zero attached hydrogens (tertiary/aromatic N) is 1. The lowest BCUT2D eigenvalue weighted by molar-refractivity contribution is -0.130. The molecule has 0 saturated heterocycles. The molecule has 0 radical (unpaired) electrons. The molecule has 0 aliphatic heterocycles. The van der Waals surface area contributed by atoms with Crippen molar-refractivity contribution in [1.29, 1.82) is 0 Å². The van der Waals surface area contributed by atoms with Crippen LogP contribution >= 0.6 is 11.8 Å². The molecule has 0 aliphatic rings. The average molecular weight is 460 g/mol. The van der Waals surface area contributed by atoms with Crippen LogP contribution in [0.3, 0.4) is 0 Å². The molecule has 9 heteroatoms. The van der Waals surface area contributed by atoms with Crippen molar-refractivity contribution in [3.8, 4) is 11.5 Å². The largest absolute Gasteiger partial charge is 0.493 e. The summed E-state index contributed by atoms with van der Waals surface area (Å²) in [7, 11) is 4.82. The zero-order valence-electron chi connectivity index (χ0n) is 18.8. The Hall–Kier alpha value is -3.20. The highest BCUT2D eigenvalue weighted by Gasteiger charge is 2.11. The topological polar surface area (TPSA) is 97.0 Å². The van der Waals surface area contributed by atoms with E-state index in [9.17, 15) is 14.4 Å². The Morgan fingerprint density at radius 1 is 1.00 bits per heavy atom. The van der Waals surface area contributed by atoms with Crippen molar-refractivity contribution in [3.05, 3.63) is 53.6 Å². The first kappa shape index (κ1) is 25.1. The molecule has 0 spiro atoms. The number of nitrogens with one attached hydrogen (secondary N) is 2. The molecular weight excluding hydrogens is 430 g/mol. The highest BCUT2D eigenvalue weighted by molar-refractivity contribution is 8.00. The van der Waals surface area contributed by atoms with Crippen molar-refractivity contribution in [2.24, 2.45) is 0 Å². The first-order chi connectivity index (χ1) is 15.3. The van der Waals surface area contributed by atoms with Gasteiger partial charge in [-0.05, 0) is 42.3 Å². The van der Waals surface area contributed by atoms with Crippen molar-refractivity contribution in [1.82, 2.24) is 10.2 Å². The van der Waals surface area contributed by atoms with Gasteiger partial charge in [-0.15, -0.1) is 11.8 Å². The van der Waals surface area contributed by atoms with E-state index in [-0.39, 0.29) is 35.8 Å². The van der Waals surface area contributed by atoms with E-state index in [0.717, 1.165) is 16.8 Å². The average Bonchev–Trinajstić information content (AvgIpc) is 2.76. The summed E-state index contributed by atoms with van der Waals surface area (Å²) in [5, 5.41) is 5.63. The van der Waals surface area contributed by atoms with Crippen molar-refractivity contribution in [3.63, 3.8) is 0 Å². The second-order valence-corrected chi connectivity index (χ2v) is 8.23. The Bertz CT molecular complexity index is 949. The lowest BCUT2D eigenvalue weighted by atomic mass is 10.2. The van der Waals surface area contributed by atoms with Crippen LogP contribution in [0.25, 0.3) is 0 Å². The van der Waals surface area contributed by atoms with Gasteiger partial charge in [-0.2, -0.15) is 0 Å². The molecule has 0 unspecified atom stereocenters. The molecular formula is C23H29N3O5S. The minimum absolute atomic E-state index is 0.0892. The van der Waals surface area contributed by atoms with Gasteiger partial charge in [0.15, 0.2) is 18.1 Å². The highest BCUT2D eigenvalue weighted by atomic mass is 32.2. The summed E-state index contributed by atoms with van der Waals surface area (Å²) >= 11 is 1.25. The Balaban J connectivity index is 1.74. The lowest BCUT2D eigenvalue weighted by Gasteiger charge is -2.14. The minimum Gasteiger partial charge on any atom is -0.493 e. The standard InChI is InChI=1S/C23H29N3O5S/c1-16-6-5-7-18(10-16)25-22(28)15-32-14-21(27)24-12-17-8-9-19(20(11-17)30-4)31-13-23(29)26(2)3/h5-11H,12-15H2,1-4H3,(H,24,27)(H,25,28). The Morgan fingerprint density at radius 3 is 2.44 bits per heavy atom. The van der Waals surface area contributed by atoms with Gasteiger partial charge in [0.05, 0.1) is 18.6 Å². The molecule has 0 heterocycles. The molecule has 8 nitrogen and oxygen atoms in total. The van der Waals surface area contributed by atoms with Crippen LogP contribution in [0.2, 0.25) is 0 Å². The van der Waals surface area contributed by atoms with E-state index < -0.39 is 0 Å². The molecule has 2 N–H and O–H groups in total. The molecule has 3 amide bonds. The summed E-state index contributed by atoms with van der Waals surface area (Å²) in [5.74, 6) is 0.807. The van der Waals surface area contributed by atoms with Crippen molar-refractivity contribution >= 4 is 35.2 Å². The maximum Gasteiger partial charge on any atom is 0.259 e. The number of aryl methyl sites for hydroxylation is 1. The van der Waals surface area contributed by atoms with Crippen molar-refractivity contribution < 1.29 is 23.9 Å². The van der Waals surface area contributed by atoms with E-state index in [1.54, 1.807) is 32.3 Å². The van der Waals surface area contributed by atoms with Crippen LogP contribution in [-0.2, 0) is 20.9 Å². The van der Waals surface area contributed by atoms with Crippen LogP contribution in [0, 0.1) is 6.92 Å². The number of likely N-dealkylation sites (N-methyl/N-ethyl adjacent to an activating group) is 1. The van der Waals surface area contributed by atoms with Gasteiger partial charge in [-0.25, -0.2) is 0 Å². The molecule has 2 rings (SSSR count). The monoisotopic (exact) mass is 459 g/mol. The van der Waals surface area contributed by atoms with Crippen LogP contribution in [-0.4, -0.2) is 61.9 Å². The molecule has 2 aromatic carbocycles. The summed E-state index contributed by atoms with van der Waals surface area (Å²) in [6.07, 6.45) is 0. The maximum absolute atomic E-state index is 12.1. The van der Waals surface area contributed by atoms with Gasteiger partial charge in [0, 0.05) is 26.3 Å². The number of amides is 3. The third kappa shape index (κ3) is 8.50. The fraction of sp³-hybridized carbons (Fsp3) is 0.348. The fourth-order valence-corrected chi connectivity index (χ4v) is 3.26. The highest BCUT2D eigenvalue weighted by Crippen LogP contribution is 2.28. The Kier molecular flexibility index (Phi) is 9.87. The minimum atomic E-state index is -0.172. The number of hydrogen-bond donors (Lipinski definition) is 2. The second-order valence-electron chi connectivity index (χ2n) is 7.25. The summed E-state index contributed by atoms with van der Waals surface area (Å²) in [5.41, 5.74) is 2.63. The number of rotatable bonds is 11. The number of carbonyl (C=O) groups is 3. The molecule has 32 heavy (non-hydrogen) atoms. The van der Waals surface area contributed by atoms with E-state index >= 15 is 0 Å². The van der Waals surface area contributed by atoms with E-state index in [0.29, 0.717) is 18.0 Å². The number of thioether (sulfide) groups is 1. The Labute approximate surface area is 192 Å². The predicted octanol–water partition coefficient (Wildman–Crippen LogP) is 2.46. The number of anilines is 1. The van der Waals surface area contributed by atoms with Crippen LogP contribution in [0.1, 0.15) is 11.1 Å². The van der Waals surface area contributed by atoms with Crippen LogP contribution in [0.5, 0.6) is 11.5 Å². The van der Waals surface area contributed by atoms with Gasteiger partial charge in [0.2, 0.25) is 11.8 Å². The molecule has 172 valence electrons. The number of benzene rings is 2. The number of carbonyl (C=O) groups excluding carboxylic acids is 3. The molecule has 0 saturated carbocycles. The zero-order chi connectivity index (χ0) is 23.5. The number of ether oxygens (including phenoxy) is 2. The summed E-state index contributed by atoms with van der Waals surface area (Å²) in [4.78, 5) is 37.2.